The molecule has 4 rings (SSSR count). The van der Waals surface area contributed by atoms with Gasteiger partial charge in [-0.15, -0.1) is 10.3 Å². The topological polar surface area (TPSA) is 49.2 Å². The summed E-state index contributed by atoms with van der Waals surface area (Å²) < 4.78 is 30.8. The molecule has 2 aromatic heterocycles. The van der Waals surface area contributed by atoms with E-state index in [-0.39, 0.29) is 4.75 Å². The lowest BCUT2D eigenvalue weighted by atomic mass is 10.0. The lowest BCUT2D eigenvalue weighted by Gasteiger charge is -2.46. The van der Waals surface area contributed by atoms with Gasteiger partial charge in [-0.2, -0.15) is 0 Å². The van der Waals surface area contributed by atoms with Gasteiger partial charge in [-0.3, -0.25) is 0 Å². The van der Waals surface area contributed by atoms with Crippen LogP contribution in [0.25, 0.3) is 22.3 Å². The third-order valence-electron chi connectivity index (χ3n) is 8.42. The molecule has 42 heavy (non-hydrogen) atoms. The van der Waals surface area contributed by atoms with E-state index in [1.807, 2.05) is 24.3 Å². The number of nitrogens with zero attached hydrogens (tertiary/aromatic N) is 3. The van der Waals surface area contributed by atoms with E-state index in [0.29, 0.717) is 42.2 Å². The quantitative estimate of drug-likeness (QED) is 0.141. The highest BCUT2D eigenvalue weighted by atomic mass is 32.3. The number of rotatable bonds is 13. The highest BCUT2D eigenvalue weighted by Gasteiger charge is 2.31. The number of halogens is 1. The summed E-state index contributed by atoms with van der Waals surface area (Å²) in [7, 11) is -1.87. The van der Waals surface area contributed by atoms with Crippen LogP contribution in [-0.2, 0) is 22.3 Å². The van der Waals surface area contributed by atoms with Gasteiger partial charge in [0.05, 0.1) is 24.6 Å². The highest BCUT2D eigenvalue weighted by molar-refractivity contribution is 8.32. The number of fused-ring (bicyclic) bond motifs is 1. The van der Waals surface area contributed by atoms with Gasteiger partial charge >= 0.3 is 0 Å². The molecular formula is C34H48FN3O2S2. The largest absolute Gasteiger partial charge is 0.360 e. The molecule has 0 radical (unpaired) electrons. The highest BCUT2D eigenvalue weighted by Crippen LogP contribution is 2.57. The van der Waals surface area contributed by atoms with Gasteiger partial charge in [0.2, 0.25) is 0 Å². The number of benzene rings is 2. The average molecular weight is 614 g/mol. The van der Waals surface area contributed by atoms with E-state index in [1.165, 1.54) is 12.1 Å². The molecule has 0 bridgehead atoms. The van der Waals surface area contributed by atoms with Crippen molar-refractivity contribution in [2.75, 3.05) is 42.6 Å². The Labute approximate surface area is 255 Å². The summed E-state index contributed by atoms with van der Waals surface area (Å²) in [6.45, 7) is 12.8. The molecule has 5 nitrogen and oxygen atoms in total. The minimum absolute atomic E-state index is 0.114. The maximum absolute atomic E-state index is 15.8. The second-order valence-electron chi connectivity index (χ2n) is 12.4. The van der Waals surface area contributed by atoms with E-state index in [4.69, 9.17) is 8.92 Å². The molecule has 0 saturated carbocycles. The fraction of sp³-hybridized carbons (Fsp3) is 0.471. The van der Waals surface area contributed by atoms with Crippen LogP contribution in [0, 0.1) is 0 Å². The lowest BCUT2D eigenvalue weighted by molar-refractivity contribution is 0.0933. The Kier molecular flexibility index (Phi) is 10.5. The SMILES string of the molecule is CCS(C)(C)CCOCn1c(-c2ccc(COS(C)(CC)C(C)(C)C)cc2)cc2c(C(F)c3ccccc3)ncnc21. The van der Waals surface area contributed by atoms with Crippen LogP contribution in [0.4, 0.5) is 4.39 Å². The van der Waals surface area contributed by atoms with Crippen LogP contribution in [0.15, 0.2) is 67.0 Å². The van der Waals surface area contributed by atoms with Crippen molar-refractivity contribution in [2.45, 2.75) is 58.9 Å². The van der Waals surface area contributed by atoms with Crippen molar-refractivity contribution in [3.63, 3.8) is 0 Å². The van der Waals surface area contributed by atoms with Gasteiger partial charge in [0.15, 0.2) is 6.17 Å². The maximum atomic E-state index is 15.8. The van der Waals surface area contributed by atoms with Crippen molar-refractivity contribution in [3.8, 4) is 11.3 Å². The van der Waals surface area contributed by atoms with Gasteiger partial charge in [0.1, 0.15) is 18.7 Å². The van der Waals surface area contributed by atoms with E-state index in [1.54, 1.807) is 12.1 Å². The predicted molar refractivity (Wildman–Crippen MR) is 182 cm³/mol. The Morgan fingerprint density at radius 3 is 2.24 bits per heavy atom. The van der Waals surface area contributed by atoms with Gasteiger partial charge in [-0.05, 0) is 53.0 Å². The molecule has 0 spiro atoms. The van der Waals surface area contributed by atoms with Crippen LogP contribution < -0.4 is 0 Å². The third-order valence-corrected chi connectivity index (χ3v) is 15.6. The zero-order valence-corrected chi connectivity index (χ0v) is 28.2. The first-order valence-corrected chi connectivity index (χ1v) is 19.6. The van der Waals surface area contributed by atoms with Crippen molar-refractivity contribution >= 4 is 31.4 Å². The Morgan fingerprint density at radius 1 is 0.929 bits per heavy atom. The Bertz CT molecular complexity index is 1450. The number of hydrogen-bond acceptors (Lipinski definition) is 4. The third kappa shape index (κ3) is 7.39. The van der Waals surface area contributed by atoms with Crippen molar-refractivity contribution < 1.29 is 13.3 Å². The van der Waals surface area contributed by atoms with Gasteiger partial charge in [0, 0.05) is 15.9 Å². The van der Waals surface area contributed by atoms with Crippen LogP contribution in [-0.4, -0.2) is 61.9 Å². The van der Waals surface area contributed by atoms with Crippen LogP contribution in [0.5, 0.6) is 0 Å². The molecule has 0 amide bonds. The Balaban J connectivity index is 1.67. The fourth-order valence-electron chi connectivity index (χ4n) is 4.68. The molecule has 4 aromatic rings. The zero-order valence-electron chi connectivity index (χ0n) is 26.5. The molecule has 2 unspecified atom stereocenters. The molecule has 2 atom stereocenters. The van der Waals surface area contributed by atoms with Crippen molar-refractivity contribution in [3.05, 3.63) is 83.8 Å². The van der Waals surface area contributed by atoms with Crippen molar-refractivity contribution in [1.29, 1.82) is 0 Å². The molecule has 8 heteroatoms. The molecule has 0 aliphatic rings. The minimum atomic E-state index is -1.35. The molecule has 0 aliphatic heterocycles. The molecule has 230 valence electrons. The van der Waals surface area contributed by atoms with E-state index in [9.17, 15) is 0 Å². The Morgan fingerprint density at radius 2 is 1.62 bits per heavy atom. The summed E-state index contributed by atoms with van der Waals surface area (Å²) in [5.74, 6) is 3.24. The summed E-state index contributed by atoms with van der Waals surface area (Å²) in [5.41, 5.74) is 4.70. The van der Waals surface area contributed by atoms with Gasteiger partial charge in [-0.25, -0.2) is 24.4 Å². The summed E-state index contributed by atoms with van der Waals surface area (Å²) in [5, 5.41) is 0.701. The second kappa shape index (κ2) is 13.5. The first-order chi connectivity index (χ1) is 19.9. The predicted octanol–water partition coefficient (Wildman–Crippen LogP) is 8.90. The summed E-state index contributed by atoms with van der Waals surface area (Å²) in [4.78, 5) is 9.02. The second-order valence-corrected chi connectivity index (χ2v) is 21.0. The van der Waals surface area contributed by atoms with Crippen LogP contribution in [0.1, 0.15) is 57.6 Å². The molecule has 2 heterocycles. The van der Waals surface area contributed by atoms with Gasteiger partial charge < -0.3 is 13.5 Å². The molecule has 0 N–H and O–H groups in total. The number of ether oxygens (including phenoxy) is 1. The Hall–Kier alpha value is -2.39. The first-order valence-electron chi connectivity index (χ1n) is 14.7. The normalized spacial score (nSPS) is 15.8. The summed E-state index contributed by atoms with van der Waals surface area (Å²) in [6, 6.07) is 19.7. The fourth-order valence-corrected chi connectivity index (χ4v) is 7.32. The average Bonchev–Trinajstić information content (AvgIpc) is 3.36. The van der Waals surface area contributed by atoms with Crippen LogP contribution >= 0.6 is 20.3 Å². The summed E-state index contributed by atoms with van der Waals surface area (Å²) in [6.07, 6.45) is 7.06. The molecule has 0 fully saturated rings. The molecule has 2 aromatic carbocycles. The van der Waals surface area contributed by atoms with Gasteiger partial charge in [0.25, 0.3) is 0 Å². The van der Waals surface area contributed by atoms with Crippen molar-refractivity contribution in [1.82, 2.24) is 14.5 Å². The minimum Gasteiger partial charge on any atom is -0.360 e. The van der Waals surface area contributed by atoms with Crippen molar-refractivity contribution in [2.24, 2.45) is 0 Å². The standard InChI is InChI=1S/C34H48FN3O2S2/c1-9-41(6,7)21-20-39-25-38-30(27-18-16-26(17-19-27)23-40-42(8,10-2)34(3,4)5)22-29-32(36-24-37-33(29)38)31(35)28-14-12-11-13-15-28/h11-19,22,24,31H,9-10,20-21,23,25H2,1-8H3. The van der Waals surface area contributed by atoms with E-state index < -0.39 is 26.5 Å². The summed E-state index contributed by atoms with van der Waals surface area (Å²) >= 11 is 0. The number of alkyl halides is 1. The molecule has 0 aliphatic carbocycles. The van der Waals surface area contributed by atoms with Crippen LogP contribution in [0.2, 0.25) is 0 Å². The monoisotopic (exact) mass is 613 g/mol. The van der Waals surface area contributed by atoms with Crippen LogP contribution in [0.3, 0.4) is 0 Å². The molecule has 0 saturated heterocycles. The van der Waals surface area contributed by atoms with E-state index >= 15 is 4.39 Å². The van der Waals surface area contributed by atoms with Gasteiger partial charge in [-0.1, -0.05) is 89.2 Å². The maximum Gasteiger partial charge on any atom is 0.168 e. The lowest BCUT2D eigenvalue weighted by Crippen LogP contribution is -2.27. The zero-order chi connectivity index (χ0) is 30.5. The van der Waals surface area contributed by atoms with E-state index in [2.05, 4.69) is 92.2 Å². The molecular weight excluding hydrogens is 566 g/mol. The smallest absolute Gasteiger partial charge is 0.168 e. The number of aromatic nitrogens is 3. The number of hydrogen-bond donors (Lipinski definition) is 0. The van der Waals surface area contributed by atoms with E-state index in [0.717, 1.165) is 28.3 Å². The first kappa shape index (κ1) is 32.5.